The topological polar surface area (TPSA) is 111 Å². The van der Waals surface area contributed by atoms with Gasteiger partial charge in [0.05, 0.1) is 12.3 Å². The van der Waals surface area contributed by atoms with Gasteiger partial charge in [0.25, 0.3) is 0 Å². The maximum atomic E-state index is 12.3. The molecule has 7 nitrogen and oxygen atoms in total. The molecule has 0 radical (unpaired) electrons. The highest BCUT2D eigenvalue weighted by atomic mass is 32.2. The molecule has 0 unspecified atom stereocenters. The smallest absolute Gasteiger partial charge is 0.247 e. The largest absolute Gasteiger partial charge is 0.494 e. The molecule has 1 aliphatic heterocycles. The minimum absolute atomic E-state index is 0.0763. The Labute approximate surface area is 126 Å². The second-order valence-corrected chi connectivity index (χ2v) is 5.50. The summed E-state index contributed by atoms with van der Waals surface area (Å²) in [6, 6.07) is 6.79. The second-order valence-electron chi connectivity index (χ2n) is 4.27. The fourth-order valence-electron chi connectivity index (χ4n) is 2.00. The lowest BCUT2D eigenvalue weighted by Crippen LogP contribution is -2.31. The van der Waals surface area contributed by atoms with Crippen LogP contribution in [0.5, 0.6) is 5.75 Å². The summed E-state index contributed by atoms with van der Waals surface area (Å²) in [5.74, 6) is 5.13. The number of anilines is 1. The number of imide groups is 1. The van der Waals surface area contributed by atoms with E-state index in [0.29, 0.717) is 18.0 Å². The van der Waals surface area contributed by atoms with E-state index in [2.05, 4.69) is 5.10 Å². The SMILES string of the molecule is CCOc1ccc(N2C(=O)C[C@H](S/C(N)=N\N)C2=O)cc1. The number of nitrogens with two attached hydrogens (primary N) is 2. The minimum atomic E-state index is -0.587. The second kappa shape index (κ2) is 6.49. The van der Waals surface area contributed by atoms with Crippen molar-refractivity contribution < 1.29 is 14.3 Å². The van der Waals surface area contributed by atoms with Gasteiger partial charge in [0.15, 0.2) is 5.17 Å². The van der Waals surface area contributed by atoms with Crippen LogP contribution in [0.15, 0.2) is 29.4 Å². The van der Waals surface area contributed by atoms with E-state index in [9.17, 15) is 9.59 Å². The van der Waals surface area contributed by atoms with Crippen LogP contribution in [0.1, 0.15) is 13.3 Å². The molecule has 0 bridgehead atoms. The van der Waals surface area contributed by atoms with Gasteiger partial charge in [0.2, 0.25) is 11.8 Å². The summed E-state index contributed by atoms with van der Waals surface area (Å²) in [4.78, 5) is 25.5. The fraction of sp³-hybridized carbons (Fsp3) is 0.308. The van der Waals surface area contributed by atoms with Crippen LogP contribution in [0.2, 0.25) is 0 Å². The molecule has 1 saturated heterocycles. The average molecular weight is 308 g/mol. The van der Waals surface area contributed by atoms with Crippen LogP contribution >= 0.6 is 11.8 Å². The molecule has 1 fully saturated rings. The molecule has 1 aliphatic rings. The molecule has 1 heterocycles. The lowest BCUT2D eigenvalue weighted by molar-refractivity contribution is -0.121. The molecule has 1 atom stereocenters. The molecular formula is C13H16N4O3S. The Bertz CT molecular complexity index is 573. The molecule has 4 N–H and O–H groups in total. The molecular weight excluding hydrogens is 292 g/mol. The molecule has 0 aliphatic carbocycles. The summed E-state index contributed by atoms with van der Waals surface area (Å²) in [6.45, 7) is 2.43. The molecule has 0 saturated carbocycles. The van der Waals surface area contributed by atoms with E-state index in [1.807, 2.05) is 6.92 Å². The van der Waals surface area contributed by atoms with Crippen LogP contribution in [0.4, 0.5) is 5.69 Å². The first-order valence-electron chi connectivity index (χ1n) is 6.36. The summed E-state index contributed by atoms with van der Waals surface area (Å²) >= 11 is 0.995. The number of thioether (sulfide) groups is 1. The van der Waals surface area contributed by atoms with Gasteiger partial charge < -0.3 is 16.3 Å². The third-order valence-corrected chi connectivity index (χ3v) is 3.90. The first-order valence-corrected chi connectivity index (χ1v) is 7.24. The third-order valence-electron chi connectivity index (χ3n) is 2.90. The predicted molar refractivity (Wildman–Crippen MR) is 81.9 cm³/mol. The highest BCUT2D eigenvalue weighted by molar-refractivity contribution is 8.14. The third kappa shape index (κ3) is 3.27. The van der Waals surface area contributed by atoms with Crippen LogP contribution in [0, 0.1) is 0 Å². The Balaban J connectivity index is 2.16. The molecule has 2 rings (SSSR count). The number of ether oxygens (including phenoxy) is 1. The highest BCUT2D eigenvalue weighted by Crippen LogP contribution is 2.30. The normalized spacial score (nSPS) is 19.2. The molecule has 0 aromatic heterocycles. The van der Waals surface area contributed by atoms with Crippen LogP contribution < -0.4 is 21.2 Å². The van der Waals surface area contributed by atoms with Gasteiger partial charge in [-0.1, -0.05) is 11.8 Å². The van der Waals surface area contributed by atoms with Crippen molar-refractivity contribution in [3.63, 3.8) is 0 Å². The summed E-state index contributed by atoms with van der Waals surface area (Å²) in [5, 5.41) is 2.79. The zero-order valence-corrected chi connectivity index (χ0v) is 12.3. The number of amidine groups is 1. The van der Waals surface area contributed by atoms with Crippen LogP contribution in [-0.4, -0.2) is 28.8 Å². The van der Waals surface area contributed by atoms with Gasteiger partial charge in [0.1, 0.15) is 11.0 Å². The van der Waals surface area contributed by atoms with Crippen molar-refractivity contribution in [2.75, 3.05) is 11.5 Å². The molecule has 8 heteroatoms. The van der Waals surface area contributed by atoms with Crippen molar-refractivity contribution in [2.24, 2.45) is 16.7 Å². The number of carbonyl (C=O) groups is 2. The first-order chi connectivity index (χ1) is 10.1. The van der Waals surface area contributed by atoms with Gasteiger partial charge in [-0.3, -0.25) is 9.59 Å². The Morgan fingerprint density at radius 1 is 1.43 bits per heavy atom. The van der Waals surface area contributed by atoms with E-state index in [1.54, 1.807) is 24.3 Å². The summed E-state index contributed by atoms with van der Waals surface area (Å²) < 4.78 is 5.33. The van der Waals surface area contributed by atoms with Crippen molar-refractivity contribution in [3.05, 3.63) is 24.3 Å². The Morgan fingerprint density at radius 3 is 2.67 bits per heavy atom. The number of hydrogen-bond donors (Lipinski definition) is 2. The van der Waals surface area contributed by atoms with Crippen molar-refractivity contribution in [1.82, 2.24) is 0 Å². The maximum Gasteiger partial charge on any atom is 0.247 e. The first kappa shape index (κ1) is 15.2. The summed E-state index contributed by atoms with van der Waals surface area (Å²) in [7, 11) is 0. The standard InChI is InChI=1S/C13H16N4O3S/c1-2-20-9-5-3-8(4-6-9)17-11(18)7-10(12(17)19)21-13(14)16-15/h3-6,10H,2,7,15H2,1H3,(H2,14,16)/t10-/m0/s1. The zero-order chi connectivity index (χ0) is 15.4. The van der Waals surface area contributed by atoms with Crippen LogP contribution in [0.25, 0.3) is 0 Å². The summed E-state index contributed by atoms with van der Waals surface area (Å²) in [5.41, 5.74) is 6.00. The van der Waals surface area contributed by atoms with Crippen molar-refractivity contribution in [1.29, 1.82) is 0 Å². The molecule has 21 heavy (non-hydrogen) atoms. The lowest BCUT2D eigenvalue weighted by Gasteiger charge is -2.15. The highest BCUT2D eigenvalue weighted by Gasteiger charge is 2.40. The van der Waals surface area contributed by atoms with E-state index >= 15 is 0 Å². The number of hydrazone groups is 1. The Hall–Kier alpha value is -2.22. The monoisotopic (exact) mass is 308 g/mol. The van der Waals surface area contributed by atoms with Gasteiger partial charge in [-0.2, -0.15) is 5.10 Å². The number of hydrogen-bond acceptors (Lipinski definition) is 6. The fourth-order valence-corrected chi connectivity index (χ4v) is 2.79. The summed E-state index contributed by atoms with van der Waals surface area (Å²) in [6.07, 6.45) is 0.0763. The van der Waals surface area contributed by atoms with Crippen LogP contribution in [-0.2, 0) is 9.59 Å². The van der Waals surface area contributed by atoms with E-state index in [1.165, 1.54) is 0 Å². The zero-order valence-electron chi connectivity index (χ0n) is 11.5. The van der Waals surface area contributed by atoms with E-state index in [0.717, 1.165) is 16.7 Å². The van der Waals surface area contributed by atoms with Gasteiger partial charge in [-0.05, 0) is 31.2 Å². The quantitative estimate of drug-likeness (QED) is 0.277. The van der Waals surface area contributed by atoms with Gasteiger partial charge >= 0.3 is 0 Å². The predicted octanol–water partition coefficient (Wildman–Crippen LogP) is 0.639. The van der Waals surface area contributed by atoms with Gasteiger partial charge in [-0.25, -0.2) is 4.90 Å². The number of nitrogens with zero attached hydrogens (tertiary/aromatic N) is 2. The lowest BCUT2D eigenvalue weighted by atomic mass is 10.3. The van der Waals surface area contributed by atoms with E-state index in [4.69, 9.17) is 16.3 Å². The Morgan fingerprint density at radius 2 is 2.10 bits per heavy atom. The van der Waals surface area contributed by atoms with Crippen molar-refractivity contribution in [3.8, 4) is 5.75 Å². The van der Waals surface area contributed by atoms with E-state index < -0.39 is 5.25 Å². The van der Waals surface area contributed by atoms with Crippen molar-refractivity contribution >= 4 is 34.4 Å². The Kier molecular flexibility index (Phi) is 4.69. The van der Waals surface area contributed by atoms with Crippen molar-refractivity contribution in [2.45, 2.75) is 18.6 Å². The number of amides is 2. The molecule has 1 aromatic rings. The number of carbonyl (C=O) groups excluding carboxylic acids is 2. The van der Waals surface area contributed by atoms with Gasteiger partial charge in [0, 0.05) is 6.42 Å². The molecule has 2 amide bonds. The van der Waals surface area contributed by atoms with Crippen LogP contribution in [0.3, 0.4) is 0 Å². The van der Waals surface area contributed by atoms with Gasteiger partial charge in [-0.15, -0.1) is 0 Å². The minimum Gasteiger partial charge on any atom is -0.494 e. The maximum absolute atomic E-state index is 12.3. The number of benzene rings is 1. The molecule has 112 valence electrons. The molecule has 1 aromatic carbocycles. The number of rotatable bonds is 4. The van der Waals surface area contributed by atoms with E-state index in [-0.39, 0.29) is 23.4 Å². The average Bonchev–Trinajstić information content (AvgIpc) is 2.75. The molecule has 0 spiro atoms.